The molecule has 0 amide bonds. The maximum Gasteiger partial charge on any atom is 0.0455 e. The smallest absolute Gasteiger partial charge is 0.0455 e. The molecule has 0 radical (unpaired) electrons. The highest BCUT2D eigenvalue weighted by atomic mass is 32.1. The molecule has 0 aliphatic rings. The standard InChI is InChI=1S/C15H17NS/c1-12-11-14(7-6-10-17)13(2)16(12)15-8-4-3-5-9-15/h3-9,11,17H,10H2,1-2H3. The van der Waals surface area contributed by atoms with Gasteiger partial charge in [0.2, 0.25) is 0 Å². The minimum Gasteiger partial charge on any atom is -0.318 e. The number of nitrogens with zero attached hydrogens (tertiary/aromatic N) is 1. The largest absolute Gasteiger partial charge is 0.318 e. The van der Waals surface area contributed by atoms with Crippen molar-refractivity contribution in [2.45, 2.75) is 13.8 Å². The van der Waals surface area contributed by atoms with Gasteiger partial charge in [0.15, 0.2) is 0 Å². The number of hydrogen-bond acceptors (Lipinski definition) is 1. The normalized spacial score (nSPS) is 11.2. The van der Waals surface area contributed by atoms with Gasteiger partial charge in [-0.1, -0.05) is 30.4 Å². The summed E-state index contributed by atoms with van der Waals surface area (Å²) >= 11 is 4.19. The topological polar surface area (TPSA) is 4.93 Å². The van der Waals surface area contributed by atoms with E-state index in [1.54, 1.807) is 0 Å². The van der Waals surface area contributed by atoms with Crippen molar-refractivity contribution in [3.05, 3.63) is 59.4 Å². The highest BCUT2D eigenvalue weighted by Gasteiger charge is 2.07. The molecule has 2 heteroatoms. The fraction of sp³-hybridized carbons (Fsp3) is 0.200. The minimum absolute atomic E-state index is 0.773. The van der Waals surface area contributed by atoms with E-state index in [9.17, 15) is 0 Å². The number of para-hydroxylation sites is 1. The quantitative estimate of drug-likeness (QED) is 0.776. The lowest BCUT2D eigenvalue weighted by Gasteiger charge is -2.09. The van der Waals surface area contributed by atoms with Crippen molar-refractivity contribution in [3.63, 3.8) is 0 Å². The molecule has 0 N–H and O–H groups in total. The molecule has 88 valence electrons. The summed E-state index contributed by atoms with van der Waals surface area (Å²) in [6.45, 7) is 4.29. The Balaban J connectivity index is 2.49. The summed E-state index contributed by atoms with van der Waals surface area (Å²) in [5, 5.41) is 0. The summed E-state index contributed by atoms with van der Waals surface area (Å²) < 4.78 is 2.28. The van der Waals surface area contributed by atoms with E-state index in [4.69, 9.17) is 0 Å². The Hall–Kier alpha value is -1.41. The fourth-order valence-corrected chi connectivity index (χ4v) is 2.22. The first kappa shape index (κ1) is 12.1. The molecule has 0 unspecified atom stereocenters. The van der Waals surface area contributed by atoms with Gasteiger partial charge in [0.05, 0.1) is 0 Å². The number of aryl methyl sites for hydroxylation is 1. The molecule has 0 aliphatic carbocycles. The second-order valence-corrected chi connectivity index (χ2v) is 4.45. The second kappa shape index (κ2) is 5.28. The predicted molar refractivity (Wildman–Crippen MR) is 78.1 cm³/mol. The van der Waals surface area contributed by atoms with Gasteiger partial charge in [0.1, 0.15) is 0 Å². The molecule has 0 fully saturated rings. The van der Waals surface area contributed by atoms with Gasteiger partial charge in [0, 0.05) is 22.8 Å². The van der Waals surface area contributed by atoms with Crippen LogP contribution < -0.4 is 0 Å². The van der Waals surface area contributed by atoms with E-state index in [0.29, 0.717) is 0 Å². The van der Waals surface area contributed by atoms with Gasteiger partial charge < -0.3 is 4.57 Å². The number of hydrogen-bond donors (Lipinski definition) is 1. The van der Waals surface area contributed by atoms with Crippen molar-refractivity contribution in [2.24, 2.45) is 0 Å². The van der Waals surface area contributed by atoms with Crippen molar-refractivity contribution >= 4 is 18.7 Å². The molecular weight excluding hydrogens is 226 g/mol. The number of aromatic nitrogens is 1. The number of rotatable bonds is 3. The Morgan fingerprint density at radius 3 is 2.53 bits per heavy atom. The lowest BCUT2D eigenvalue weighted by Crippen LogP contribution is -1.98. The number of benzene rings is 1. The summed E-state index contributed by atoms with van der Waals surface area (Å²) in [5.41, 5.74) is 5.01. The molecule has 1 nitrogen and oxygen atoms in total. The monoisotopic (exact) mass is 243 g/mol. The van der Waals surface area contributed by atoms with Gasteiger partial charge in [-0.25, -0.2) is 0 Å². The zero-order valence-electron chi connectivity index (χ0n) is 10.2. The Bertz CT molecular complexity index is 523. The average Bonchev–Trinajstić information content (AvgIpc) is 2.63. The molecule has 2 rings (SSSR count). The first-order valence-corrected chi connectivity index (χ1v) is 6.39. The van der Waals surface area contributed by atoms with Crippen molar-refractivity contribution in [2.75, 3.05) is 5.75 Å². The van der Waals surface area contributed by atoms with Crippen LogP contribution in [0.2, 0.25) is 0 Å². The van der Waals surface area contributed by atoms with Crippen molar-refractivity contribution in [1.82, 2.24) is 4.57 Å². The number of thiol groups is 1. The van der Waals surface area contributed by atoms with Crippen LogP contribution in [0.15, 0.2) is 42.5 Å². The average molecular weight is 243 g/mol. The second-order valence-electron chi connectivity index (χ2n) is 4.08. The maximum absolute atomic E-state index is 4.19. The van der Waals surface area contributed by atoms with Crippen LogP contribution in [0.1, 0.15) is 17.0 Å². The summed E-state index contributed by atoms with van der Waals surface area (Å²) in [6, 6.07) is 12.6. The van der Waals surface area contributed by atoms with Crippen LogP contribution in [0.3, 0.4) is 0 Å². The van der Waals surface area contributed by atoms with E-state index in [0.717, 1.165) is 5.75 Å². The molecular formula is C15H17NS. The SMILES string of the molecule is Cc1cc(C=CCS)c(C)n1-c1ccccc1. The van der Waals surface area contributed by atoms with Crippen LogP contribution in [0.5, 0.6) is 0 Å². The third-order valence-electron chi connectivity index (χ3n) is 2.89. The van der Waals surface area contributed by atoms with E-state index >= 15 is 0 Å². The van der Waals surface area contributed by atoms with Gasteiger partial charge in [-0.15, -0.1) is 0 Å². The van der Waals surface area contributed by atoms with Crippen LogP contribution in [0.25, 0.3) is 11.8 Å². The molecule has 0 aliphatic heterocycles. The van der Waals surface area contributed by atoms with Crippen molar-refractivity contribution in [3.8, 4) is 5.69 Å². The van der Waals surface area contributed by atoms with Gasteiger partial charge in [-0.2, -0.15) is 12.6 Å². The third-order valence-corrected chi connectivity index (χ3v) is 3.10. The van der Waals surface area contributed by atoms with Gasteiger partial charge in [-0.3, -0.25) is 0 Å². The van der Waals surface area contributed by atoms with E-state index in [2.05, 4.69) is 73.5 Å². The Kier molecular flexibility index (Phi) is 3.75. The third kappa shape index (κ3) is 2.47. The molecule has 0 saturated carbocycles. The van der Waals surface area contributed by atoms with Crippen LogP contribution in [0, 0.1) is 13.8 Å². The Morgan fingerprint density at radius 2 is 1.88 bits per heavy atom. The molecule has 1 aromatic heterocycles. The fourth-order valence-electron chi connectivity index (χ4n) is 2.11. The van der Waals surface area contributed by atoms with Gasteiger partial charge in [0.25, 0.3) is 0 Å². The van der Waals surface area contributed by atoms with Crippen LogP contribution in [-0.4, -0.2) is 10.3 Å². The lowest BCUT2D eigenvalue weighted by molar-refractivity contribution is 0.964. The summed E-state index contributed by atoms with van der Waals surface area (Å²) in [6.07, 6.45) is 4.20. The zero-order valence-corrected chi connectivity index (χ0v) is 11.1. The highest BCUT2D eigenvalue weighted by Crippen LogP contribution is 2.21. The van der Waals surface area contributed by atoms with E-state index in [1.165, 1.54) is 22.6 Å². The van der Waals surface area contributed by atoms with Crippen LogP contribution in [0.4, 0.5) is 0 Å². The molecule has 2 aromatic rings. The molecule has 0 bridgehead atoms. The Labute approximate surface area is 108 Å². The van der Waals surface area contributed by atoms with Gasteiger partial charge in [-0.05, 0) is 37.6 Å². The van der Waals surface area contributed by atoms with Gasteiger partial charge >= 0.3 is 0 Å². The first-order chi connectivity index (χ1) is 8.24. The molecule has 17 heavy (non-hydrogen) atoms. The lowest BCUT2D eigenvalue weighted by atomic mass is 10.2. The summed E-state index contributed by atoms with van der Waals surface area (Å²) in [5.74, 6) is 0.773. The molecule has 0 saturated heterocycles. The molecule has 1 aromatic carbocycles. The maximum atomic E-state index is 4.19. The van der Waals surface area contributed by atoms with E-state index < -0.39 is 0 Å². The van der Waals surface area contributed by atoms with E-state index in [1.807, 2.05) is 6.07 Å². The predicted octanol–water partition coefficient (Wildman–Crippen LogP) is 4.04. The molecule has 0 atom stereocenters. The molecule has 1 heterocycles. The van der Waals surface area contributed by atoms with Crippen LogP contribution in [-0.2, 0) is 0 Å². The highest BCUT2D eigenvalue weighted by molar-refractivity contribution is 7.80. The van der Waals surface area contributed by atoms with E-state index in [-0.39, 0.29) is 0 Å². The summed E-state index contributed by atoms with van der Waals surface area (Å²) in [7, 11) is 0. The van der Waals surface area contributed by atoms with Crippen molar-refractivity contribution in [1.29, 1.82) is 0 Å². The van der Waals surface area contributed by atoms with Crippen molar-refractivity contribution < 1.29 is 0 Å². The molecule has 0 spiro atoms. The van der Waals surface area contributed by atoms with Crippen LogP contribution >= 0.6 is 12.6 Å². The Morgan fingerprint density at radius 1 is 1.18 bits per heavy atom. The summed E-state index contributed by atoms with van der Waals surface area (Å²) in [4.78, 5) is 0. The first-order valence-electron chi connectivity index (χ1n) is 5.76. The zero-order chi connectivity index (χ0) is 12.3. The minimum atomic E-state index is 0.773.